The summed E-state index contributed by atoms with van der Waals surface area (Å²) in [5.74, 6) is -14.1. The van der Waals surface area contributed by atoms with E-state index < -0.39 is 23.1 Å². The van der Waals surface area contributed by atoms with Crippen LogP contribution in [0.5, 0.6) is 0 Å². The van der Waals surface area contributed by atoms with E-state index in [1.807, 2.05) is 0 Å². The first-order valence-corrected chi connectivity index (χ1v) is 3.40. The summed E-state index contributed by atoms with van der Waals surface area (Å²) in [7, 11) is 0.596. The Morgan fingerprint density at radius 3 is 1.71 bits per heavy atom. The van der Waals surface area contributed by atoms with E-state index in [1.165, 1.54) is 0 Å². The molecule has 2 nitrogen and oxygen atoms in total. The maximum absolute atomic E-state index is 12.4. The third kappa shape index (κ3) is 1.89. The fourth-order valence-corrected chi connectivity index (χ4v) is 0.596. The van der Waals surface area contributed by atoms with Gasteiger partial charge in [-0.1, -0.05) is 0 Å². The summed E-state index contributed by atoms with van der Waals surface area (Å²) >= 11 is 3.77. The van der Waals surface area contributed by atoms with Crippen LogP contribution in [0, 0.1) is 0 Å². The monoisotopic (exact) mass is 243 g/mol. The molecule has 0 bridgehead atoms. The second kappa shape index (κ2) is 3.48. The number of carbonyl (C=O) groups is 1. The Morgan fingerprint density at radius 1 is 1.14 bits per heavy atom. The maximum Gasteiger partial charge on any atom is 0.395 e. The first-order valence-electron chi connectivity index (χ1n) is 3.03. The number of rotatable bonds is 3. The number of hydrogen-bond donors (Lipinski definition) is 1. The van der Waals surface area contributed by atoms with Gasteiger partial charge in [-0.3, -0.25) is 4.79 Å². The molecule has 0 spiro atoms. The van der Waals surface area contributed by atoms with E-state index in [2.05, 4.69) is 11.6 Å². The van der Waals surface area contributed by atoms with Crippen molar-refractivity contribution < 1.29 is 31.1 Å². The second-order valence-corrected chi connectivity index (χ2v) is 2.70. The Kier molecular flexibility index (Phi) is 3.32. The molecular formula is C5H4ClF6NO. The lowest BCUT2D eigenvalue weighted by Crippen LogP contribution is -2.58. The van der Waals surface area contributed by atoms with Crippen molar-refractivity contribution in [3.05, 3.63) is 0 Å². The summed E-state index contributed by atoms with van der Waals surface area (Å²) in [4.78, 5) is 10.2. The summed E-state index contributed by atoms with van der Waals surface area (Å²) in [6, 6.07) is 0. The maximum atomic E-state index is 12.4. The summed E-state index contributed by atoms with van der Waals surface area (Å²) in [5.41, 5.74) is 0. The van der Waals surface area contributed by atoms with Gasteiger partial charge in [-0.05, 0) is 11.6 Å². The van der Waals surface area contributed by atoms with E-state index in [0.717, 1.165) is 5.32 Å². The molecule has 0 aromatic carbocycles. The van der Waals surface area contributed by atoms with Crippen molar-refractivity contribution >= 4 is 17.5 Å². The Morgan fingerprint density at radius 2 is 1.50 bits per heavy atom. The summed E-state index contributed by atoms with van der Waals surface area (Å²) < 4.78 is 72.9. The molecule has 1 amide bonds. The Balaban J connectivity index is 5.18. The number of halogens is 7. The van der Waals surface area contributed by atoms with Gasteiger partial charge < -0.3 is 5.32 Å². The Bertz CT molecular complexity index is 237. The minimum Gasteiger partial charge on any atom is -0.354 e. The minimum atomic E-state index is -5.96. The van der Waals surface area contributed by atoms with Gasteiger partial charge in [0.05, 0.1) is 0 Å². The third-order valence-corrected chi connectivity index (χ3v) is 1.50. The van der Waals surface area contributed by atoms with Crippen molar-refractivity contribution in [2.75, 3.05) is 7.05 Å². The van der Waals surface area contributed by atoms with Crippen LogP contribution in [0.4, 0.5) is 26.3 Å². The molecule has 0 aromatic heterocycles. The highest BCUT2D eigenvalue weighted by molar-refractivity contribution is 6.22. The van der Waals surface area contributed by atoms with Gasteiger partial charge in [-0.15, -0.1) is 0 Å². The third-order valence-electron chi connectivity index (χ3n) is 1.26. The molecule has 0 unspecified atom stereocenters. The van der Waals surface area contributed by atoms with Crippen molar-refractivity contribution in [1.82, 2.24) is 5.32 Å². The fourth-order valence-electron chi connectivity index (χ4n) is 0.478. The number of alkyl halides is 7. The molecule has 9 heteroatoms. The number of hydrogen-bond acceptors (Lipinski definition) is 1. The smallest absolute Gasteiger partial charge is 0.354 e. The second-order valence-electron chi connectivity index (χ2n) is 2.23. The lowest BCUT2D eigenvalue weighted by Gasteiger charge is -2.27. The van der Waals surface area contributed by atoms with E-state index in [0.29, 0.717) is 7.05 Å². The molecule has 14 heavy (non-hydrogen) atoms. The van der Waals surface area contributed by atoms with Crippen LogP contribution in [0.3, 0.4) is 0 Å². The minimum absolute atomic E-state index is 0.596. The van der Waals surface area contributed by atoms with Crippen molar-refractivity contribution in [2.24, 2.45) is 0 Å². The standard InChI is InChI=1S/C5H4ClF6NO/c1-13-2(14)3(7,8)4(9,10)5(6,11)12/h1H3,(H,13,14). The van der Waals surface area contributed by atoms with Crippen LogP contribution < -0.4 is 5.32 Å². The number of amides is 1. The van der Waals surface area contributed by atoms with Gasteiger partial charge in [0.2, 0.25) is 0 Å². The fraction of sp³-hybridized carbons (Fsp3) is 0.800. The van der Waals surface area contributed by atoms with E-state index >= 15 is 0 Å². The van der Waals surface area contributed by atoms with Crippen LogP contribution in [-0.4, -0.2) is 30.2 Å². The lowest BCUT2D eigenvalue weighted by atomic mass is 10.1. The molecular weight excluding hydrogens is 240 g/mol. The summed E-state index contributed by atoms with van der Waals surface area (Å²) in [5, 5.41) is -4.39. The van der Waals surface area contributed by atoms with E-state index in [4.69, 9.17) is 0 Å². The highest BCUT2D eigenvalue weighted by atomic mass is 35.5. The van der Waals surface area contributed by atoms with Crippen LogP contribution >= 0.6 is 11.6 Å². The lowest BCUT2D eigenvalue weighted by molar-refractivity contribution is -0.268. The normalized spacial score (nSPS) is 14.0. The molecule has 0 aliphatic rings. The average molecular weight is 244 g/mol. The molecule has 0 saturated carbocycles. The molecule has 0 heterocycles. The topological polar surface area (TPSA) is 29.1 Å². The molecule has 1 N–H and O–H groups in total. The zero-order valence-electron chi connectivity index (χ0n) is 6.55. The first-order chi connectivity index (χ1) is 5.98. The molecule has 0 saturated heterocycles. The quantitative estimate of drug-likeness (QED) is 0.595. The molecule has 0 radical (unpaired) electrons. The van der Waals surface area contributed by atoms with Gasteiger partial charge in [-0.25, -0.2) is 0 Å². The van der Waals surface area contributed by atoms with Gasteiger partial charge in [0.25, 0.3) is 5.91 Å². The van der Waals surface area contributed by atoms with Crippen molar-refractivity contribution in [3.63, 3.8) is 0 Å². The molecule has 0 aromatic rings. The summed E-state index contributed by atoms with van der Waals surface area (Å²) in [6.07, 6.45) is 0. The van der Waals surface area contributed by atoms with Gasteiger partial charge >= 0.3 is 17.2 Å². The van der Waals surface area contributed by atoms with E-state index in [9.17, 15) is 31.1 Å². The first kappa shape index (κ1) is 13.3. The molecule has 0 fully saturated rings. The van der Waals surface area contributed by atoms with Gasteiger partial charge in [0.15, 0.2) is 0 Å². The van der Waals surface area contributed by atoms with Crippen molar-refractivity contribution in [1.29, 1.82) is 0 Å². The van der Waals surface area contributed by atoms with Crippen molar-refractivity contribution in [3.8, 4) is 0 Å². The van der Waals surface area contributed by atoms with Gasteiger partial charge in [0.1, 0.15) is 0 Å². The Hall–Kier alpha value is -0.660. The SMILES string of the molecule is CNC(=O)C(F)(F)C(F)(F)C(F)(F)Cl. The van der Waals surface area contributed by atoms with E-state index in [-0.39, 0.29) is 0 Å². The number of carbonyl (C=O) groups excluding carboxylic acids is 1. The molecule has 0 atom stereocenters. The van der Waals surface area contributed by atoms with Crippen LogP contribution in [0.1, 0.15) is 0 Å². The predicted molar refractivity (Wildman–Crippen MR) is 34.8 cm³/mol. The zero-order chi connectivity index (χ0) is 11.8. The molecule has 84 valence electrons. The van der Waals surface area contributed by atoms with Crippen LogP contribution in [0.15, 0.2) is 0 Å². The summed E-state index contributed by atoms with van der Waals surface area (Å²) in [6.45, 7) is 0. The van der Waals surface area contributed by atoms with Crippen LogP contribution in [0.25, 0.3) is 0 Å². The predicted octanol–water partition coefficient (Wildman–Crippen LogP) is 1.83. The van der Waals surface area contributed by atoms with Crippen LogP contribution in [0.2, 0.25) is 0 Å². The van der Waals surface area contributed by atoms with E-state index in [1.54, 1.807) is 0 Å². The van der Waals surface area contributed by atoms with Gasteiger partial charge in [-0.2, -0.15) is 26.3 Å². The van der Waals surface area contributed by atoms with Crippen LogP contribution in [-0.2, 0) is 4.79 Å². The largest absolute Gasteiger partial charge is 0.395 e. The number of nitrogens with one attached hydrogen (secondary N) is 1. The molecule has 0 rings (SSSR count). The average Bonchev–Trinajstić information content (AvgIpc) is 2.00. The van der Waals surface area contributed by atoms with Gasteiger partial charge in [0, 0.05) is 7.05 Å². The van der Waals surface area contributed by atoms with Crippen molar-refractivity contribution in [2.45, 2.75) is 17.2 Å². The Labute approximate surface area is 79.2 Å². The molecule has 0 aliphatic heterocycles. The zero-order valence-corrected chi connectivity index (χ0v) is 7.31. The highest BCUT2D eigenvalue weighted by Gasteiger charge is 2.74. The molecule has 0 aliphatic carbocycles. The highest BCUT2D eigenvalue weighted by Crippen LogP contribution is 2.47.